The molecule has 2 heterocycles. The molecule has 0 aliphatic rings. The summed E-state index contributed by atoms with van der Waals surface area (Å²) < 4.78 is 10.3. The topological polar surface area (TPSA) is 46.5 Å². The Labute approximate surface area is 82.0 Å². The van der Waals surface area contributed by atoms with Crippen molar-refractivity contribution < 1.29 is 13.9 Å². The molecule has 0 fully saturated rings. The van der Waals surface area contributed by atoms with E-state index < -0.39 is 6.10 Å². The second-order valence-electron chi connectivity index (χ2n) is 3.23. The average Bonchev–Trinajstić information content (AvgIpc) is 2.75. The Hall–Kier alpha value is -1.48. The minimum atomic E-state index is -0.556. The number of aliphatic hydroxyl groups is 1. The first kappa shape index (κ1) is 9.09. The number of hydrogen-bond acceptors (Lipinski definition) is 3. The van der Waals surface area contributed by atoms with Crippen LogP contribution >= 0.6 is 0 Å². The molecule has 0 saturated heterocycles. The monoisotopic (exact) mass is 192 g/mol. The van der Waals surface area contributed by atoms with Crippen LogP contribution in [-0.2, 0) is 6.42 Å². The molecule has 1 unspecified atom stereocenters. The summed E-state index contributed by atoms with van der Waals surface area (Å²) in [4.78, 5) is 0. The second kappa shape index (κ2) is 3.72. The van der Waals surface area contributed by atoms with E-state index in [2.05, 4.69) is 0 Å². The van der Waals surface area contributed by atoms with Crippen LogP contribution in [0.3, 0.4) is 0 Å². The van der Waals surface area contributed by atoms with E-state index in [9.17, 15) is 5.11 Å². The molecule has 0 spiro atoms. The molecule has 2 aromatic rings. The summed E-state index contributed by atoms with van der Waals surface area (Å²) >= 11 is 0. The fourth-order valence-corrected chi connectivity index (χ4v) is 1.47. The molecular weight excluding hydrogens is 180 g/mol. The summed E-state index contributed by atoms with van der Waals surface area (Å²) in [5.74, 6) is 1.53. The standard InChI is InChI=1S/C11H12O3/c1-8-10(4-6-13-8)11(12)7-9-3-2-5-14-9/h2-6,11-12H,7H2,1H3. The molecule has 0 radical (unpaired) electrons. The molecule has 2 aromatic heterocycles. The van der Waals surface area contributed by atoms with Crippen molar-refractivity contribution in [3.63, 3.8) is 0 Å². The number of aryl methyl sites for hydroxylation is 1. The lowest BCUT2D eigenvalue weighted by Gasteiger charge is -2.06. The highest BCUT2D eigenvalue weighted by molar-refractivity contribution is 5.20. The molecule has 1 N–H and O–H groups in total. The number of aliphatic hydroxyl groups excluding tert-OH is 1. The van der Waals surface area contributed by atoms with Gasteiger partial charge in [0.1, 0.15) is 11.5 Å². The first-order valence-corrected chi connectivity index (χ1v) is 4.52. The van der Waals surface area contributed by atoms with Crippen LogP contribution in [0.1, 0.15) is 23.2 Å². The van der Waals surface area contributed by atoms with Crippen LogP contribution < -0.4 is 0 Å². The van der Waals surface area contributed by atoms with Gasteiger partial charge in [-0.25, -0.2) is 0 Å². The summed E-state index contributed by atoms with van der Waals surface area (Å²) in [5.41, 5.74) is 0.821. The zero-order chi connectivity index (χ0) is 9.97. The lowest BCUT2D eigenvalue weighted by molar-refractivity contribution is 0.168. The number of hydrogen-bond donors (Lipinski definition) is 1. The van der Waals surface area contributed by atoms with E-state index in [-0.39, 0.29) is 0 Å². The van der Waals surface area contributed by atoms with Crippen LogP contribution in [0.2, 0.25) is 0 Å². The number of furan rings is 2. The third kappa shape index (κ3) is 1.72. The van der Waals surface area contributed by atoms with Crippen molar-refractivity contribution in [3.8, 4) is 0 Å². The molecule has 14 heavy (non-hydrogen) atoms. The first-order chi connectivity index (χ1) is 6.77. The fourth-order valence-electron chi connectivity index (χ4n) is 1.47. The smallest absolute Gasteiger partial charge is 0.106 e. The Balaban J connectivity index is 2.10. The van der Waals surface area contributed by atoms with Crippen molar-refractivity contribution in [2.24, 2.45) is 0 Å². The summed E-state index contributed by atoms with van der Waals surface area (Å²) in [6.45, 7) is 1.83. The van der Waals surface area contributed by atoms with Crippen molar-refractivity contribution in [2.45, 2.75) is 19.4 Å². The Morgan fingerprint density at radius 2 is 2.14 bits per heavy atom. The van der Waals surface area contributed by atoms with Gasteiger partial charge in [-0.05, 0) is 25.1 Å². The minimum absolute atomic E-state index is 0.480. The van der Waals surface area contributed by atoms with E-state index in [4.69, 9.17) is 8.83 Å². The highest BCUT2D eigenvalue weighted by Gasteiger charge is 2.14. The zero-order valence-electron chi connectivity index (χ0n) is 7.93. The largest absolute Gasteiger partial charge is 0.469 e. The lowest BCUT2D eigenvalue weighted by atomic mass is 10.1. The molecule has 0 aliphatic heterocycles. The number of rotatable bonds is 3. The van der Waals surface area contributed by atoms with Crippen LogP contribution in [-0.4, -0.2) is 5.11 Å². The summed E-state index contributed by atoms with van der Waals surface area (Å²) in [7, 11) is 0. The SMILES string of the molecule is Cc1occc1C(O)Cc1ccco1. The molecule has 74 valence electrons. The molecule has 0 saturated carbocycles. The van der Waals surface area contributed by atoms with Gasteiger partial charge >= 0.3 is 0 Å². The predicted molar refractivity (Wildman–Crippen MR) is 50.8 cm³/mol. The maximum Gasteiger partial charge on any atom is 0.106 e. The molecule has 0 aliphatic carbocycles. The minimum Gasteiger partial charge on any atom is -0.469 e. The first-order valence-electron chi connectivity index (χ1n) is 4.52. The van der Waals surface area contributed by atoms with E-state index in [1.807, 2.05) is 19.1 Å². The molecular formula is C11H12O3. The van der Waals surface area contributed by atoms with Gasteiger partial charge in [0.25, 0.3) is 0 Å². The molecule has 0 bridgehead atoms. The van der Waals surface area contributed by atoms with Gasteiger partial charge < -0.3 is 13.9 Å². The van der Waals surface area contributed by atoms with E-state index in [0.717, 1.165) is 17.1 Å². The fraction of sp³-hybridized carbons (Fsp3) is 0.273. The van der Waals surface area contributed by atoms with Crippen LogP contribution in [0.5, 0.6) is 0 Å². The van der Waals surface area contributed by atoms with E-state index in [0.29, 0.717) is 6.42 Å². The third-order valence-corrected chi connectivity index (χ3v) is 2.23. The van der Waals surface area contributed by atoms with Crippen LogP contribution in [0.4, 0.5) is 0 Å². The van der Waals surface area contributed by atoms with Crippen LogP contribution in [0, 0.1) is 6.92 Å². The second-order valence-corrected chi connectivity index (χ2v) is 3.23. The maximum absolute atomic E-state index is 9.84. The van der Waals surface area contributed by atoms with Gasteiger partial charge in [-0.3, -0.25) is 0 Å². The van der Waals surface area contributed by atoms with Gasteiger partial charge in [-0.1, -0.05) is 0 Å². The Morgan fingerprint density at radius 1 is 1.29 bits per heavy atom. The van der Waals surface area contributed by atoms with Crippen molar-refractivity contribution >= 4 is 0 Å². The van der Waals surface area contributed by atoms with Gasteiger partial charge in [-0.15, -0.1) is 0 Å². The quantitative estimate of drug-likeness (QED) is 0.812. The van der Waals surface area contributed by atoms with Gasteiger partial charge in [0.2, 0.25) is 0 Å². The molecule has 0 aromatic carbocycles. The van der Waals surface area contributed by atoms with Gasteiger partial charge in [0.05, 0.1) is 18.6 Å². The maximum atomic E-state index is 9.84. The molecule has 1 atom stereocenters. The third-order valence-electron chi connectivity index (χ3n) is 2.23. The summed E-state index contributed by atoms with van der Waals surface area (Å²) in [5, 5.41) is 9.84. The van der Waals surface area contributed by atoms with E-state index in [1.165, 1.54) is 0 Å². The average molecular weight is 192 g/mol. The highest BCUT2D eigenvalue weighted by atomic mass is 16.3. The van der Waals surface area contributed by atoms with Gasteiger partial charge in [0.15, 0.2) is 0 Å². The van der Waals surface area contributed by atoms with Gasteiger partial charge in [0, 0.05) is 12.0 Å². The van der Waals surface area contributed by atoms with Crippen LogP contribution in [0.15, 0.2) is 39.6 Å². The Morgan fingerprint density at radius 3 is 2.71 bits per heavy atom. The van der Waals surface area contributed by atoms with Crippen molar-refractivity contribution in [3.05, 3.63) is 47.8 Å². The lowest BCUT2D eigenvalue weighted by Crippen LogP contribution is -2.00. The normalized spacial score (nSPS) is 13.0. The highest BCUT2D eigenvalue weighted by Crippen LogP contribution is 2.22. The van der Waals surface area contributed by atoms with E-state index in [1.54, 1.807) is 18.6 Å². The molecule has 3 heteroatoms. The van der Waals surface area contributed by atoms with E-state index >= 15 is 0 Å². The predicted octanol–water partition coefficient (Wildman–Crippen LogP) is 2.46. The molecule has 2 rings (SSSR count). The van der Waals surface area contributed by atoms with Crippen molar-refractivity contribution in [2.75, 3.05) is 0 Å². The molecule has 0 amide bonds. The van der Waals surface area contributed by atoms with Crippen molar-refractivity contribution in [1.29, 1.82) is 0 Å². The molecule has 3 nitrogen and oxygen atoms in total. The van der Waals surface area contributed by atoms with Crippen molar-refractivity contribution in [1.82, 2.24) is 0 Å². The van der Waals surface area contributed by atoms with Gasteiger partial charge in [-0.2, -0.15) is 0 Å². The summed E-state index contributed by atoms with van der Waals surface area (Å²) in [6, 6.07) is 5.44. The Kier molecular flexibility index (Phi) is 2.41. The van der Waals surface area contributed by atoms with Crippen LogP contribution in [0.25, 0.3) is 0 Å². The zero-order valence-corrected chi connectivity index (χ0v) is 7.93. The summed E-state index contributed by atoms with van der Waals surface area (Å²) in [6.07, 6.45) is 3.10. The Bertz CT molecular complexity index is 386.